The Morgan fingerprint density at radius 3 is 2.51 bits per heavy atom. The number of nitrogens with one attached hydrogen (secondary N) is 1. The van der Waals surface area contributed by atoms with Crippen molar-refractivity contribution in [3.63, 3.8) is 0 Å². The number of piperidine rings is 1. The summed E-state index contributed by atoms with van der Waals surface area (Å²) < 4.78 is 41.2. The van der Waals surface area contributed by atoms with Crippen LogP contribution in [0.15, 0.2) is 55.0 Å². The third-order valence-corrected chi connectivity index (χ3v) is 8.13. The van der Waals surface area contributed by atoms with E-state index in [-0.39, 0.29) is 18.5 Å². The second-order valence-electron chi connectivity index (χ2n) is 8.82. The monoisotopic (exact) mass is 498 g/mol. The van der Waals surface area contributed by atoms with Gasteiger partial charge in [-0.3, -0.25) is 9.78 Å². The Kier molecular flexibility index (Phi) is 7.63. The van der Waals surface area contributed by atoms with Crippen molar-refractivity contribution < 1.29 is 22.7 Å². The van der Waals surface area contributed by atoms with Gasteiger partial charge in [-0.15, -0.1) is 0 Å². The first-order valence-electron chi connectivity index (χ1n) is 11.6. The molecule has 1 aliphatic heterocycles. The number of rotatable bonds is 8. The first-order valence-corrected chi connectivity index (χ1v) is 13.1. The Bertz CT molecular complexity index is 1270. The van der Waals surface area contributed by atoms with E-state index in [1.807, 2.05) is 26.0 Å². The van der Waals surface area contributed by atoms with Crippen LogP contribution in [0.2, 0.25) is 0 Å². The minimum Gasteiger partial charge on any atom is -0.468 e. The fourth-order valence-corrected chi connectivity index (χ4v) is 6.36. The number of esters is 1. The van der Waals surface area contributed by atoms with E-state index in [4.69, 9.17) is 9.47 Å². The van der Waals surface area contributed by atoms with Crippen molar-refractivity contribution in [1.82, 2.24) is 19.0 Å². The highest BCUT2D eigenvalue weighted by Gasteiger charge is 2.37. The molecule has 0 amide bonds. The third-order valence-electron chi connectivity index (χ3n) is 6.27. The largest absolute Gasteiger partial charge is 0.468 e. The molecule has 0 bridgehead atoms. The van der Waals surface area contributed by atoms with E-state index >= 15 is 0 Å². The molecule has 1 saturated heterocycles. The number of ether oxygens (including phenoxy) is 2. The lowest BCUT2D eigenvalue weighted by molar-refractivity contribution is -0.142. The Morgan fingerprint density at radius 1 is 1.11 bits per heavy atom. The van der Waals surface area contributed by atoms with Crippen LogP contribution in [0.3, 0.4) is 0 Å². The highest BCUT2D eigenvalue weighted by Crippen LogP contribution is 2.28. The standard InChI is InChI=1S/C25H30N4O5S/c1-17-5-4-6-18(2)29(17)35(31,32)28-23(25(30)33-3)15-19-7-9-21(10-8-19)34-24-22-12-13-26-16-20(22)11-14-27-24/h7-14,16-18,23,28H,4-6,15H2,1-3H3/t17?,18?,23-/m0/s1. The smallest absolute Gasteiger partial charge is 0.324 e. The molecular formula is C25H30N4O5S. The molecule has 10 heteroatoms. The predicted molar refractivity (Wildman–Crippen MR) is 132 cm³/mol. The number of methoxy groups -OCH3 is 1. The van der Waals surface area contributed by atoms with E-state index in [1.165, 1.54) is 11.4 Å². The molecule has 3 aromatic rings. The van der Waals surface area contributed by atoms with Gasteiger partial charge < -0.3 is 9.47 Å². The zero-order valence-corrected chi connectivity index (χ0v) is 20.9. The van der Waals surface area contributed by atoms with Crippen LogP contribution in [0.1, 0.15) is 38.7 Å². The molecule has 9 nitrogen and oxygen atoms in total. The van der Waals surface area contributed by atoms with E-state index < -0.39 is 22.2 Å². The first-order chi connectivity index (χ1) is 16.8. The summed E-state index contributed by atoms with van der Waals surface area (Å²) in [5.41, 5.74) is 0.755. The highest BCUT2D eigenvalue weighted by molar-refractivity contribution is 7.87. The number of nitrogens with zero attached hydrogens (tertiary/aromatic N) is 3. The van der Waals surface area contributed by atoms with Gasteiger partial charge in [0.25, 0.3) is 10.2 Å². The number of aromatic nitrogens is 2. The van der Waals surface area contributed by atoms with Gasteiger partial charge in [-0.1, -0.05) is 18.6 Å². The van der Waals surface area contributed by atoms with Gasteiger partial charge in [0, 0.05) is 41.4 Å². The second-order valence-corrected chi connectivity index (χ2v) is 10.4. The molecule has 3 heterocycles. The van der Waals surface area contributed by atoms with Gasteiger partial charge in [0.1, 0.15) is 11.8 Å². The van der Waals surface area contributed by atoms with Gasteiger partial charge in [0.05, 0.1) is 7.11 Å². The molecule has 3 atom stereocenters. The summed E-state index contributed by atoms with van der Waals surface area (Å²) in [6, 6.07) is 9.47. The summed E-state index contributed by atoms with van der Waals surface area (Å²) in [5, 5.41) is 1.76. The van der Waals surface area contributed by atoms with Crippen molar-refractivity contribution in [2.75, 3.05) is 7.11 Å². The fraction of sp³-hybridized carbons (Fsp3) is 0.400. The topological polar surface area (TPSA) is 111 Å². The van der Waals surface area contributed by atoms with Crippen molar-refractivity contribution >= 4 is 27.0 Å². The average Bonchev–Trinajstić information content (AvgIpc) is 2.84. The lowest BCUT2D eigenvalue weighted by Crippen LogP contribution is -2.56. The van der Waals surface area contributed by atoms with E-state index in [9.17, 15) is 13.2 Å². The van der Waals surface area contributed by atoms with Gasteiger partial charge in [0.2, 0.25) is 5.88 Å². The molecule has 0 radical (unpaired) electrons. The average molecular weight is 499 g/mol. The van der Waals surface area contributed by atoms with Gasteiger partial charge in [-0.05, 0) is 62.9 Å². The summed E-state index contributed by atoms with van der Waals surface area (Å²) in [4.78, 5) is 20.9. The van der Waals surface area contributed by atoms with Crippen molar-refractivity contribution in [3.8, 4) is 11.6 Å². The van der Waals surface area contributed by atoms with E-state index in [0.717, 1.165) is 35.6 Å². The number of pyridine rings is 2. The Balaban J connectivity index is 1.49. The van der Waals surface area contributed by atoms with Crippen LogP contribution in [0.5, 0.6) is 11.6 Å². The van der Waals surface area contributed by atoms with E-state index in [1.54, 1.807) is 42.9 Å². The lowest BCUT2D eigenvalue weighted by atomic mass is 10.0. The molecule has 0 saturated carbocycles. The minimum absolute atomic E-state index is 0.135. The fourth-order valence-electron chi connectivity index (χ4n) is 4.54. The molecule has 35 heavy (non-hydrogen) atoms. The summed E-state index contributed by atoms with van der Waals surface area (Å²) in [7, 11) is -2.63. The van der Waals surface area contributed by atoms with Crippen LogP contribution in [0.4, 0.5) is 0 Å². The van der Waals surface area contributed by atoms with Crippen molar-refractivity contribution in [1.29, 1.82) is 0 Å². The van der Waals surface area contributed by atoms with Gasteiger partial charge in [-0.25, -0.2) is 4.98 Å². The number of carbonyl (C=O) groups is 1. The number of carbonyl (C=O) groups excluding carboxylic acids is 1. The minimum atomic E-state index is -3.88. The molecule has 0 aliphatic carbocycles. The molecule has 2 unspecified atom stereocenters. The van der Waals surface area contributed by atoms with Crippen LogP contribution in [0.25, 0.3) is 10.8 Å². The first kappa shape index (κ1) is 25.0. The van der Waals surface area contributed by atoms with Crippen LogP contribution in [-0.2, 0) is 26.2 Å². The summed E-state index contributed by atoms with van der Waals surface area (Å²) >= 11 is 0. The van der Waals surface area contributed by atoms with Crippen molar-refractivity contribution in [2.45, 2.75) is 57.7 Å². The van der Waals surface area contributed by atoms with E-state index in [0.29, 0.717) is 11.6 Å². The molecule has 4 rings (SSSR count). The third kappa shape index (κ3) is 5.77. The second kappa shape index (κ2) is 10.7. The summed E-state index contributed by atoms with van der Waals surface area (Å²) in [6.45, 7) is 3.78. The maximum Gasteiger partial charge on any atom is 0.324 e. The van der Waals surface area contributed by atoms with Crippen LogP contribution in [-0.4, -0.2) is 53.9 Å². The summed E-state index contributed by atoms with van der Waals surface area (Å²) in [6.07, 6.45) is 7.78. The molecule has 1 aliphatic rings. The van der Waals surface area contributed by atoms with Gasteiger partial charge in [0.15, 0.2) is 0 Å². The molecule has 0 spiro atoms. The molecule has 1 N–H and O–H groups in total. The van der Waals surface area contributed by atoms with Gasteiger partial charge in [-0.2, -0.15) is 17.4 Å². The molecule has 2 aromatic heterocycles. The summed E-state index contributed by atoms with van der Waals surface area (Å²) in [5.74, 6) is 0.388. The maximum absolute atomic E-state index is 13.2. The normalized spacial score (nSPS) is 19.9. The SMILES string of the molecule is COC(=O)[C@H](Cc1ccc(Oc2nccc3cnccc23)cc1)NS(=O)(=O)N1C(C)CCCC1C. The number of hydrogen-bond acceptors (Lipinski definition) is 7. The quantitative estimate of drug-likeness (QED) is 0.473. The molecule has 186 valence electrons. The lowest BCUT2D eigenvalue weighted by Gasteiger charge is -2.38. The number of benzene rings is 1. The van der Waals surface area contributed by atoms with Crippen LogP contribution < -0.4 is 9.46 Å². The zero-order valence-electron chi connectivity index (χ0n) is 20.0. The molecular weight excluding hydrogens is 468 g/mol. The number of hydrogen-bond donors (Lipinski definition) is 1. The number of fused-ring (bicyclic) bond motifs is 1. The van der Waals surface area contributed by atoms with E-state index in [2.05, 4.69) is 14.7 Å². The van der Waals surface area contributed by atoms with Crippen LogP contribution in [0, 0.1) is 0 Å². The Morgan fingerprint density at radius 2 is 1.83 bits per heavy atom. The Labute approximate surface area is 205 Å². The van der Waals surface area contributed by atoms with Crippen molar-refractivity contribution in [3.05, 3.63) is 60.6 Å². The van der Waals surface area contributed by atoms with Gasteiger partial charge >= 0.3 is 5.97 Å². The highest BCUT2D eigenvalue weighted by atomic mass is 32.2. The van der Waals surface area contributed by atoms with Crippen molar-refractivity contribution in [2.24, 2.45) is 0 Å². The maximum atomic E-state index is 13.2. The predicted octanol–water partition coefficient (Wildman–Crippen LogP) is 3.60. The zero-order chi connectivity index (χ0) is 25.0. The Hall–Kier alpha value is -3.08. The molecule has 1 aromatic carbocycles. The molecule has 1 fully saturated rings. The van der Waals surface area contributed by atoms with Crippen LogP contribution >= 0.6 is 0 Å².